The minimum Gasteiger partial charge on any atom is -0.493 e. The van der Waals surface area contributed by atoms with Crippen LogP contribution in [0.2, 0.25) is 0 Å². The van der Waals surface area contributed by atoms with E-state index < -0.39 is 5.60 Å². The van der Waals surface area contributed by atoms with Crippen LogP contribution in [-0.4, -0.2) is 35.3 Å². The molecule has 2 bridgehead atoms. The lowest BCUT2D eigenvalue weighted by molar-refractivity contribution is -0.0595. The summed E-state index contributed by atoms with van der Waals surface area (Å²) in [5.41, 5.74) is 1.14. The number of benzene rings is 2. The molecule has 4 rings (SSSR count). The third-order valence-electron chi connectivity index (χ3n) is 6.26. The van der Waals surface area contributed by atoms with E-state index in [1.165, 1.54) is 17.7 Å². The maximum absolute atomic E-state index is 13.3. The first-order chi connectivity index (χ1) is 13.9. The van der Waals surface area contributed by atoms with E-state index in [-0.39, 0.29) is 11.9 Å². The molecular formula is C24H30FNO3. The van der Waals surface area contributed by atoms with Crippen molar-refractivity contribution in [3.8, 4) is 11.5 Å². The highest BCUT2D eigenvalue weighted by atomic mass is 19.1. The van der Waals surface area contributed by atoms with E-state index >= 15 is 0 Å². The smallest absolute Gasteiger partial charge is 0.161 e. The van der Waals surface area contributed by atoms with E-state index in [0.29, 0.717) is 24.9 Å². The van der Waals surface area contributed by atoms with Crippen molar-refractivity contribution in [3.05, 3.63) is 59.4 Å². The van der Waals surface area contributed by atoms with Crippen LogP contribution in [0.15, 0.2) is 42.5 Å². The molecule has 0 unspecified atom stereocenters. The monoisotopic (exact) mass is 399 g/mol. The fraction of sp³-hybridized carbons (Fsp3) is 0.500. The van der Waals surface area contributed by atoms with Gasteiger partial charge in [0.2, 0.25) is 0 Å². The lowest BCUT2D eigenvalue weighted by Gasteiger charge is -2.44. The summed E-state index contributed by atoms with van der Waals surface area (Å²) in [4.78, 5) is 2.51. The second-order valence-electron chi connectivity index (χ2n) is 8.66. The molecule has 2 heterocycles. The number of piperidine rings is 1. The Morgan fingerprint density at radius 2 is 1.72 bits per heavy atom. The van der Waals surface area contributed by atoms with Gasteiger partial charge in [0, 0.05) is 18.6 Å². The van der Waals surface area contributed by atoms with Crippen molar-refractivity contribution in [2.45, 2.75) is 69.9 Å². The van der Waals surface area contributed by atoms with Crippen molar-refractivity contribution in [1.29, 1.82) is 0 Å². The molecule has 0 spiro atoms. The van der Waals surface area contributed by atoms with Crippen LogP contribution in [0.1, 0.15) is 50.7 Å². The molecule has 0 aliphatic carbocycles. The van der Waals surface area contributed by atoms with E-state index in [1.54, 1.807) is 19.2 Å². The highest BCUT2D eigenvalue weighted by molar-refractivity contribution is 5.43. The maximum Gasteiger partial charge on any atom is 0.161 e. The number of nitrogens with zero attached hydrogens (tertiary/aromatic N) is 1. The van der Waals surface area contributed by atoms with Crippen molar-refractivity contribution < 1.29 is 19.0 Å². The summed E-state index contributed by atoms with van der Waals surface area (Å²) in [6, 6.07) is 13.1. The third kappa shape index (κ3) is 4.12. The van der Waals surface area contributed by atoms with Crippen LogP contribution in [0.4, 0.5) is 4.39 Å². The Labute approximate surface area is 172 Å². The van der Waals surface area contributed by atoms with E-state index in [0.717, 1.165) is 36.4 Å². The van der Waals surface area contributed by atoms with Gasteiger partial charge in [0.25, 0.3) is 0 Å². The summed E-state index contributed by atoms with van der Waals surface area (Å²) in [5, 5.41) is 11.3. The van der Waals surface area contributed by atoms with Crippen LogP contribution in [0.3, 0.4) is 0 Å². The molecule has 2 atom stereocenters. The molecule has 0 amide bonds. The zero-order chi connectivity index (χ0) is 20.6. The Bertz CT molecular complexity index is 838. The van der Waals surface area contributed by atoms with Crippen molar-refractivity contribution >= 4 is 0 Å². The van der Waals surface area contributed by atoms with Crippen LogP contribution >= 0.6 is 0 Å². The minimum atomic E-state index is -0.873. The Morgan fingerprint density at radius 1 is 1.07 bits per heavy atom. The van der Waals surface area contributed by atoms with Gasteiger partial charge < -0.3 is 14.6 Å². The predicted octanol–water partition coefficient (Wildman–Crippen LogP) is 4.64. The molecule has 0 radical (unpaired) electrons. The van der Waals surface area contributed by atoms with E-state index in [4.69, 9.17) is 9.47 Å². The Morgan fingerprint density at radius 3 is 2.31 bits per heavy atom. The molecule has 2 aliphatic heterocycles. The minimum absolute atomic E-state index is 0.0797. The van der Waals surface area contributed by atoms with Gasteiger partial charge in [0.15, 0.2) is 11.5 Å². The molecule has 2 aliphatic rings. The zero-order valence-corrected chi connectivity index (χ0v) is 17.4. The molecule has 29 heavy (non-hydrogen) atoms. The van der Waals surface area contributed by atoms with Gasteiger partial charge in [-0.25, -0.2) is 4.39 Å². The third-order valence-corrected chi connectivity index (χ3v) is 6.26. The Kier molecular flexibility index (Phi) is 5.54. The molecule has 2 saturated heterocycles. The van der Waals surface area contributed by atoms with Crippen molar-refractivity contribution in [3.63, 3.8) is 0 Å². The number of aliphatic hydroxyl groups is 1. The molecule has 4 nitrogen and oxygen atoms in total. The van der Waals surface area contributed by atoms with Crippen LogP contribution < -0.4 is 9.47 Å². The number of hydrogen-bond acceptors (Lipinski definition) is 4. The molecule has 0 saturated carbocycles. The standard InChI is InChI=1S/C24H30FNO3/c1-16(2)29-23-12-17(4-11-22(23)28-3)15-26-20-9-10-21(26)14-24(27,13-20)18-5-7-19(25)8-6-18/h4-8,11-12,16,20-21,27H,9-10,13-15H2,1-3H3/t20-,21-/m0/s1. The Balaban J connectivity index is 1.51. The normalized spacial score (nSPS) is 26.7. The van der Waals surface area contributed by atoms with E-state index in [1.807, 2.05) is 19.9 Å². The molecule has 1 N–H and O–H groups in total. The van der Waals surface area contributed by atoms with Crippen LogP contribution in [-0.2, 0) is 12.1 Å². The lowest BCUT2D eigenvalue weighted by Crippen LogP contribution is -2.49. The average Bonchev–Trinajstić information content (AvgIpc) is 2.92. The summed E-state index contributed by atoms with van der Waals surface area (Å²) in [7, 11) is 1.66. The first kappa shape index (κ1) is 20.2. The predicted molar refractivity (Wildman–Crippen MR) is 111 cm³/mol. The SMILES string of the molecule is COc1ccc(CN2[C@H]3CC[C@H]2CC(O)(c2ccc(F)cc2)C3)cc1OC(C)C. The quantitative estimate of drug-likeness (QED) is 0.769. The van der Waals surface area contributed by atoms with Crippen molar-refractivity contribution in [2.75, 3.05) is 7.11 Å². The van der Waals surface area contributed by atoms with Crippen LogP contribution in [0.5, 0.6) is 11.5 Å². The number of halogens is 1. The summed E-state index contributed by atoms with van der Waals surface area (Å²) in [5.74, 6) is 1.25. The van der Waals surface area contributed by atoms with Gasteiger partial charge in [-0.1, -0.05) is 18.2 Å². The molecule has 2 fully saturated rings. The van der Waals surface area contributed by atoms with Gasteiger partial charge in [-0.3, -0.25) is 4.90 Å². The molecule has 2 aromatic rings. The Hall–Kier alpha value is -2.11. The zero-order valence-electron chi connectivity index (χ0n) is 17.4. The molecule has 0 aromatic heterocycles. The summed E-state index contributed by atoms with van der Waals surface area (Å²) >= 11 is 0. The molecule has 5 heteroatoms. The first-order valence-corrected chi connectivity index (χ1v) is 10.5. The van der Waals surface area contributed by atoms with Crippen LogP contribution in [0, 0.1) is 5.82 Å². The molecule has 156 valence electrons. The fourth-order valence-corrected chi connectivity index (χ4v) is 4.95. The van der Waals surface area contributed by atoms with Gasteiger partial charge in [0.05, 0.1) is 18.8 Å². The first-order valence-electron chi connectivity index (χ1n) is 10.5. The fourth-order valence-electron chi connectivity index (χ4n) is 4.95. The largest absolute Gasteiger partial charge is 0.493 e. The van der Waals surface area contributed by atoms with E-state index in [9.17, 15) is 9.50 Å². The maximum atomic E-state index is 13.3. The van der Waals surface area contributed by atoms with Crippen molar-refractivity contribution in [1.82, 2.24) is 4.90 Å². The van der Waals surface area contributed by atoms with Gasteiger partial charge >= 0.3 is 0 Å². The highest BCUT2D eigenvalue weighted by Crippen LogP contribution is 2.46. The van der Waals surface area contributed by atoms with Gasteiger partial charge in [-0.05, 0) is 74.9 Å². The second kappa shape index (κ2) is 7.96. The molecular weight excluding hydrogens is 369 g/mol. The number of hydrogen-bond donors (Lipinski definition) is 1. The topological polar surface area (TPSA) is 41.9 Å². The number of fused-ring (bicyclic) bond motifs is 2. The summed E-state index contributed by atoms with van der Waals surface area (Å²) in [6.07, 6.45) is 3.61. The van der Waals surface area contributed by atoms with E-state index in [2.05, 4.69) is 17.0 Å². The van der Waals surface area contributed by atoms with Gasteiger partial charge in [-0.15, -0.1) is 0 Å². The second-order valence-corrected chi connectivity index (χ2v) is 8.66. The van der Waals surface area contributed by atoms with Crippen LogP contribution in [0.25, 0.3) is 0 Å². The number of ether oxygens (including phenoxy) is 2. The lowest BCUT2D eigenvalue weighted by atomic mass is 9.80. The molecule has 2 aromatic carbocycles. The summed E-state index contributed by atoms with van der Waals surface area (Å²) in [6.45, 7) is 4.84. The average molecular weight is 400 g/mol. The highest BCUT2D eigenvalue weighted by Gasteiger charge is 2.48. The summed E-state index contributed by atoms with van der Waals surface area (Å²) < 4.78 is 24.7. The number of methoxy groups -OCH3 is 1. The number of rotatable bonds is 6. The van der Waals surface area contributed by atoms with Gasteiger partial charge in [0.1, 0.15) is 5.82 Å². The van der Waals surface area contributed by atoms with Crippen molar-refractivity contribution in [2.24, 2.45) is 0 Å². The van der Waals surface area contributed by atoms with Gasteiger partial charge in [-0.2, -0.15) is 0 Å².